The first kappa shape index (κ1) is 12.9. The SMILES string of the molecule is O=C1NC2=C(C(Cl)CC=C2)C2(c3ccccc3)NCCN12. The monoisotopic (exact) mass is 301 g/mol. The van der Waals surface area contributed by atoms with Crippen LogP contribution >= 0.6 is 11.6 Å². The van der Waals surface area contributed by atoms with Gasteiger partial charge >= 0.3 is 6.03 Å². The molecule has 21 heavy (non-hydrogen) atoms. The van der Waals surface area contributed by atoms with E-state index in [0.717, 1.165) is 29.8 Å². The van der Waals surface area contributed by atoms with E-state index in [2.05, 4.69) is 22.8 Å². The normalized spacial score (nSPS) is 31.0. The lowest BCUT2D eigenvalue weighted by Crippen LogP contribution is -2.61. The molecule has 2 atom stereocenters. The summed E-state index contributed by atoms with van der Waals surface area (Å²) in [5, 5.41) is 6.38. The smallest absolute Gasteiger partial charge is 0.308 e. The maximum absolute atomic E-state index is 12.5. The quantitative estimate of drug-likeness (QED) is 0.782. The maximum atomic E-state index is 12.5. The van der Waals surface area contributed by atoms with Gasteiger partial charge in [-0.2, -0.15) is 0 Å². The fourth-order valence-electron chi connectivity index (χ4n) is 3.59. The summed E-state index contributed by atoms with van der Waals surface area (Å²) in [5.41, 5.74) is 2.33. The molecular weight excluding hydrogens is 286 g/mol. The van der Waals surface area contributed by atoms with Crippen molar-refractivity contribution in [2.45, 2.75) is 17.5 Å². The molecule has 2 aliphatic heterocycles. The molecule has 4 nitrogen and oxygen atoms in total. The molecule has 0 aromatic heterocycles. The van der Waals surface area contributed by atoms with Crippen molar-refractivity contribution >= 4 is 17.6 Å². The van der Waals surface area contributed by atoms with Gasteiger partial charge in [0.05, 0.1) is 5.38 Å². The Kier molecular flexibility index (Phi) is 2.84. The fraction of sp³-hybridized carbons (Fsp3) is 0.312. The number of amides is 2. The van der Waals surface area contributed by atoms with E-state index in [4.69, 9.17) is 11.6 Å². The zero-order valence-electron chi connectivity index (χ0n) is 11.5. The van der Waals surface area contributed by atoms with E-state index in [1.165, 1.54) is 0 Å². The summed E-state index contributed by atoms with van der Waals surface area (Å²) in [6.07, 6.45) is 4.76. The molecule has 0 spiro atoms. The molecule has 2 heterocycles. The molecule has 1 fully saturated rings. The van der Waals surface area contributed by atoms with Crippen LogP contribution in [-0.4, -0.2) is 29.4 Å². The second kappa shape index (κ2) is 4.61. The van der Waals surface area contributed by atoms with Gasteiger partial charge in [-0.05, 0) is 18.1 Å². The molecule has 0 saturated carbocycles. The van der Waals surface area contributed by atoms with Crippen LogP contribution in [-0.2, 0) is 5.66 Å². The van der Waals surface area contributed by atoms with Gasteiger partial charge < -0.3 is 5.32 Å². The third-order valence-corrected chi connectivity index (χ3v) is 4.82. The largest absolute Gasteiger partial charge is 0.323 e. The molecule has 4 rings (SSSR count). The average Bonchev–Trinajstić information content (AvgIpc) is 2.95. The van der Waals surface area contributed by atoms with Crippen molar-refractivity contribution in [2.24, 2.45) is 0 Å². The van der Waals surface area contributed by atoms with Crippen molar-refractivity contribution in [3.05, 3.63) is 59.3 Å². The van der Waals surface area contributed by atoms with E-state index in [-0.39, 0.29) is 11.4 Å². The highest BCUT2D eigenvalue weighted by Gasteiger charge is 2.53. The summed E-state index contributed by atoms with van der Waals surface area (Å²) in [6, 6.07) is 10.0. The lowest BCUT2D eigenvalue weighted by atomic mass is 9.82. The molecule has 1 saturated heterocycles. The molecule has 3 aliphatic rings. The number of carbonyl (C=O) groups is 1. The van der Waals surface area contributed by atoms with Crippen molar-refractivity contribution in [3.63, 3.8) is 0 Å². The standard InChI is InChI=1S/C16H16ClN3O/c17-12-7-4-8-13-14(12)16(11-5-2-1-3-6-11)18-9-10-20(16)15(21)19-13/h1-6,8,12,18H,7,9-10H2,(H,19,21). The summed E-state index contributed by atoms with van der Waals surface area (Å²) in [7, 11) is 0. The van der Waals surface area contributed by atoms with Gasteiger partial charge in [-0.25, -0.2) is 4.79 Å². The molecular formula is C16H16ClN3O. The second-order valence-electron chi connectivity index (χ2n) is 5.52. The number of alkyl halides is 1. The third-order valence-electron chi connectivity index (χ3n) is 4.42. The lowest BCUT2D eigenvalue weighted by molar-refractivity contribution is 0.145. The molecule has 108 valence electrons. The highest BCUT2D eigenvalue weighted by Crippen LogP contribution is 2.45. The van der Waals surface area contributed by atoms with Crippen molar-refractivity contribution in [1.82, 2.24) is 15.5 Å². The summed E-state index contributed by atoms with van der Waals surface area (Å²) < 4.78 is 0. The molecule has 2 N–H and O–H groups in total. The Morgan fingerprint density at radius 2 is 2.10 bits per heavy atom. The number of allylic oxidation sites excluding steroid dienone is 2. The zero-order valence-corrected chi connectivity index (χ0v) is 12.2. The number of hydrogen-bond donors (Lipinski definition) is 2. The van der Waals surface area contributed by atoms with Crippen molar-refractivity contribution in [2.75, 3.05) is 13.1 Å². The van der Waals surface area contributed by atoms with Gasteiger partial charge in [0.25, 0.3) is 0 Å². The van der Waals surface area contributed by atoms with Crippen LogP contribution in [0.2, 0.25) is 0 Å². The van der Waals surface area contributed by atoms with Crippen LogP contribution in [0, 0.1) is 0 Å². The van der Waals surface area contributed by atoms with Crippen LogP contribution in [0.3, 0.4) is 0 Å². The van der Waals surface area contributed by atoms with E-state index >= 15 is 0 Å². The fourth-order valence-corrected chi connectivity index (χ4v) is 3.97. The summed E-state index contributed by atoms with van der Waals surface area (Å²) >= 11 is 6.62. The van der Waals surface area contributed by atoms with Crippen LogP contribution < -0.4 is 10.6 Å². The Hall–Kier alpha value is -1.78. The zero-order chi connectivity index (χ0) is 14.4. The number of rotatable bonds is 1. The minimum Gasteiger partial charge on any atom is -0.308 e. The maximum Gasteiger partial charge on any atom is 0.323 e. The Morgan fingerprint density at radius 1 is 1.29 bits per heavy atom. The van der Waals surface area contributed by atoms with Crippen LogP contribution in [0.25, 0.3) is 0 Å². The second-order valence-corrected chi connectivity index (χ2v) is 6.04. The number of carbonyl (C=O) groups excluding carboxylic acids is 1. The van der Waals surface area contributed by atoms with Crippen molar-refractivity contribution < 1.29 is 4.79 Å². The molecule has 2 amide bonds. The number of halogens is 1. The minimum absolute atomic E-state index is 0.0713. The summed E-state index contributed by atoms with van der Waals surface area (Å²) in [6.45, 7) is 1.43. The van der Waals surface area contributed by atoms with Gasteiger partial charge in [0.1, 0.15) is 5.66 Å². The number of hydrogen-bond acceptors (Lipinski definition) is 2. The first-order valence-electron chi connectivity index (χ1n) is 7.18. The van der Waals surface area contributed by atoms with Gasteiger partial charge in [-0.1, -0.05) is 36.4 Å². The van der Waals surface area contributed by atoms with Gasteiger partial charge in [0, 0.05) is 24.4 Å². The van der Waals surface area contributed by atoms with Crippen LogP contribution in [0.1, 0.15) is 12.0 Å². The predicted molar refractivity (Wildman–Crippen MR) is 81.8 cm³/mol. The van der Waals surface area contributed by atoms with E-state index in [0.29, 0.717) is 6.54 Å². The number of nitrogens with zero attached hydrogens (tertiary/aromatic N) is 1. The molecule has 2 unspecified atom stereocenters. The average molecular weight is 302 g/mol. The first-order valence-corrected chi connectivity index (χ1v) is 7.61. The van der Waals surface area contributed by atoms with Crippen LogP contribution in [0.4, 0.5) is 4.79 Å². The Bertz CT molecular complexity index is 655. The van der Waals surface area contributed by atoms with E-state index in [9.17, 15) is 4.79 Å². The van der Waals surface area contributed by atoms with Gasteiger partial charge in [0.15, 0.2) is 0 Å². The third kappa shape index (κ3) is 1.69. The number of urea groups is 1. The molecule has 5 heteroatoms. The van der Waals surface area contributed by atoms with Crippen molar-refractivity contribution in [1.29, 1.82) is 0 Å². The molecule has 1 aromatic carbocycles. The first-order chi connectivity index (χ1) is 10.2. The van der Waals surface area contributed by atoms with Gasteiger partial charge in [0.2, 0.25) is 0 Å². The van der Waals surface area contributed by atoms with Gasteiger partial charge in [-0.15, -0.1) is 11.6 Å². The van der Waals surface area contributed by atoms with Crippen LogP contribution in [0.5, 0.6) is 0 Å². The number of fused-ring (bicyclic) bond motifs is 2. The molecule has 0 radical (unpaired) electrons. The Labute approximate surface area is 128 Å². The van der Waals surface area contributed by atoms with E-state index < -0.39 is 5.66 Å². The molecule has 1 aromatic rings. The van der Waals surface area contributed by atoms with E-state index in [1.807, 2.05) is 35.3 Å². The van der Waals surface area contributed by atoms with Crippen molar-refractivity contribution in [3.8, 4) is 0 Å². The molecule has 0 bridgehead atoms. The highest BCUT2D eigenvalue weighted by atomic mass is 35.5. The Balaban J connectivity index is 1.99. The topological polar surface area (TPSA) is 44.4 Å². The summed E-state index contributed by atoms with van der Waals surface area (Å²) in [4.78, 5) is 14.3. The summed E-state index contributed by atoms with van der Waals surface area (Å²) in [5.74, 6) is 0. The predicted octanol–water partition coefficient (Wildman–Crippen LogP) is 2.29. The number of benzene rings is 1. The van der Waals surface area contributed by atoms with E-state index in [1.54, 1.807) is 0 Å². The van der Waals surface area contributed by atoms with Crippen LogP contribution in [0.15, 0.2) is 53.8 Å². The van der Waals surface area contributed by atoms with Gasteiger partial charge in [-0.3, -0.25) is 10.2 Å². The lowest BCUT2D eigenvalue weighted by Gasteiger charge is -2.47. The molecule has 1 aliphatic carbocycles. The Morgan fingerprint density at radius 3 is 2.90 bits per heavy atom. The minimum atomic E-state index is -0.615. The highest BCUT2D eigenvalue weighted by molar-refractivity contribution is 6.23. The number of nitrogens with one attached hydrogen (secondary N) is 2.